The molecule has 5 heteroatoms. The highest BCUT2D eigenvalue weighted by atomic mass is 16.3. The lowest BCUT2D eigenvalue weighted by atomic mass is 9.44. The van der Waals surface area contributed by atoms with Gasteiger partial charge in [0.2, 0.25) is 0 Å². The van der Waals surface area contributed by atoms with Crippen LogP contribution >= 0.6 is 0 Å². The van der Waals surface area contributed by atoms with Crippen LogP contribution in [0.1, 0.15) is 84.3 Å². The number of nitrogens with zero attached hydrogens (tertiary/aromatic N) is 3. The van der Waals surface area contributed by atoms with Crippen LogP contribution in [0.15, 0.2) is 17.3 Å². The van der Waals surface area contributed by atoms with E-state index in [9.17, 15) is 9.90 Å². The van der Waals surface area contributed by atoms with Crippen LogP contribution in [0.5, 0.6) is 0 Å². The number of fused-ring (bicyclic) bond motifs is 5. The van der Waals surface area contributed by atoms with Crippen molar-refractivity contribution in [1.82, 2.24) is 9.78 Å². The van der Waals surface area contributed by atoms with E-state index in [-0.39, 0.29) is 11.3 Å². The zero-order chi connectivity index (χ0) is 22.7. The summed E-state index contributed by atoms with van der Waals surface area (Å²) in [5.74, 6) is 3.40. The normalized spacial score (nSPS) is 46.0. The Bertz CT molecular complexity index is 904. The lowest BCUT2D eigenvalue weighted by Gasteiger charge is -2.61. The van der Waals surface area contributed by atoms with Gasteiger partial charge in [0.25, 0.3) is 0 Å². The minimum absolute atomic E-state index is 0.141. The van der Waals surface area contributed by atoms with Gasteiger partial charge in [0.15, 0.2) is 5.78 Å². The fourth-order valence-corrected chi connectivity index (χ4v) is 8.90. The lowest BCUT2D eigenvalue weighted by molar-refractivity contribution is -0.151. The van der Waals surface area contributed by atoms with Gasteiger partial charge in [-0.05, 0) is 105 Å². The van der Waals surface area contributed by atoms with Gasteiger partial charge in [0.1, 0.15) is 5.69 Å². The second-order valence-electron chi connectivity index (χ2n) is 12.3. The van der Waals surface area contributed by atoms with Gasteiger partial charge in [0, 0.05) is 25.4 Å². The summed E-state index contributed by atoms with van der Waals surface area (Å²) < 4.78 is 1.79. The molecule has 5 rings (SSSR count). The van der Waals surface area contributed by atoms with Crippen molar-refractivity contribution < 1.29 is 9.90 Å². The van der Waals surface area contributed by atoms with Crippen molar-refractivity contribution in [2.75, 3.05) is 7.05 Å². The molecule has 0 spiro atoms. The molecule has 0 amide bonds. The first-order valence-corrected chi connectivity index (χ1v) is 12.9. The number of carbonyl (C=O) groups is 1. The van der Waals surface area contributed by atoms with Crippen molar-refractivity contribution in [3.05, 3.63) is 18.0 Å². The van der Waals surface area contributed by atoms with Crippen molar-refractivity contribution >= 4 is 12.0 Å². The Morgan fingerprint density at radius 2 is 1.91 bits per heavy atom. The molecule has 1 aromatic rings. The largest absolute Gasteiger partial charge is 0.390 e. The van der Waals surface area contributed by atoms with E-state index in [2.05, 4.69) is 23.9 Å². The second-order valence-corrected chi connectivity index (χ2v) is 12.3. The Morgan fingerprint density at radius 1 is 1.12 bits per heavy atom. The minimum atomic E-state index is -0.472. The number of carbonyl (C=O) groups excluding carboxylic acids is 1. The third-order valence-corrected chi connectivity index (χ3v) is 10.6. The van der Waals surface area contributed by atoms with E-state index in [4.69, 9.17) is 0 Å². The van der Waals surface area contributed by atoms with Gasteiger partial charge < -0.3 is 5.11 Å². The summed E-state index contributed by atoms with van der Waals surface area (Å²) in [7, 11) is 1.74. The first-order valence-electron chi connectivity index (χ1n) is 12.9. The number of aliphatic imine (C=N–C) groups is 1. The molecular formula is C27H41N3O2. The number of ketones is 1. The molecule has 1 N–H and O–H groups in total. The molecule has 1 aromatic heterocycles. The number of aromatic nitrogens is 2. The molecule has 0 aliphatic heterocycles. The number of hydrogen-bond acceptors (Lipinski definition) is 4. The van der Waals surface area contributed by atoms with Crippen molar-refractivity contribution in [3.63, 3.8) is 0 Å². The lowest BCUT2D eigenvalue weighted by Crippen LogP contribution is -2.55. The highest BCUT2D eigenvalue weighted by Gasteiger charge is 2.61. The van der Waals surface area contributed by atoms with E-state index >= 15 is 0 Å². The highest BCUT2D eigenvalue weighted by Crippen LogP contribution is 2.68. The van der Waals surface area contributed by atoms with Crippen molar-refractivity contribution in [2.45, 2.75) is 90.7 Å². The van der Waals surface area contributed by atoms with E-state index in [1.54, 1.807) is 17.9 Å². The molecule has 176 valence electrons. The Hall–Kier alpha value is -1.49. The fourth-order valence-electron chi connectivity index (χ4n) is 8.90. The number of Topliss-reactive ketones (excluding diaryl/α,β-unsaturated/α-hetero) is 1. The van der Waals surface area contributed by atoms with Crippen LogP contribution in [0.3, 0.4) is 0 Å². The van der Waals surface area contributed by atoms with E-state index < -0.39 is 5.60 Å². The van der Waals surface area contributed by atoms with E-state index in [0.717, 1.165) is 36.8 Å². The van der Waals surface area contributed by atoms with Crippen LogP contribution in [0, 0.1) is 40.4 Å². The summed E-state index contributed by atoms with van der Waals surface area (Å²) in [6, 6.07) is 1.92. The SMILES string of the molecule is CN=Cc1ccn(CC(=O)[C@H]2CC[C@H]3[C@@H]4CC[C@H]5C[C@](C)(O)CC[C@]5(C)[C@H]4CC[C@]23C)n1. The molecule has 32 heavy (non-hydrogen) atoms. The first kappa shape index (κ1) is 22.3. The molecule has 4 fully saturated rings. The van der Waals surface area contributed by atoms with Crippen molar-refractivity contribution in [3.8, 4) is 0 Å². The van der Waals surface area contributed by atoms with Gasteiger partial charge in [-0.3, -0.25) is 14.5 Å². The zero-order valence-electron chi connectivity index (χ0n) is 20.4. The van der Waals surface area contributed by atoms with E-state index in [1.807, 2.05) is 19.2 Å². The topological polar surface area (TPSA) is 67.5 Å². The van der Waals surface area contributed by atoms with Crippen LogP contribution in [-0.4, -0.2) is 39.5 Å². The quantitative estimate of drug-likeness (QED) is 0.678. The molecule has 0 saturated heterocycles. The summed E-state index contributed by atoms with van der Waals surface area (Å²) in [6.45, 7) is 7.40. The predicted octanol–water partition coefficient (Wildman–Crippen LogP) is 4.91. The smallest absolute Gasteiger partial charge is 0.157 e. The Kier molecular flexibility index (Phi) is 5.43. The number of aliphatic hydroxyl groups is 1. The minimum Gasteiger partial charge on any atom is -0.390 e. The molecule has 0 radical (unpaired) electrons. The summed E-state index contributed by atoms with van der Waals surface area (Å²) in [5, 5.41) is 15.2. The van der Waals surface area contributed by atoms with E-state index in [1.165, 1.54) is 38.5 Å². The van der Waals surface area contributed by atoms with Crippen LogP contribution in [0.2, 0.25) is 0 Å². The third kappa shape index (κ3) is 3.50. The van der Waals surface area contributed by atoms with Gasteiger partial charge in [-0.1, -0.05) is 13.8 Å². The summed E-state index contributed by atoms with van der Waals surface area (Å²) in [6.07, 6.45) is 14.0. The van der Waals surface area contributed by atoms with Gasteiger partial charge >= 0.3 is 0 Å². The summed E-state index contributed by atoms with van der Waals surface area (Å²) in [5.41, 5.74) is 0.858. The molecule has 4 aliphatic rings. The maximum atomic E-state index is 13.4. The zero-order valence-corrected chi connectivity index (χ0v) is 20.4. The summed E-state index contributed by atoms with van der Waals surface area (Å²) in [4.78, 5) is 17.5. The van der Waals surface area contributed by atoms with Crippen molar-refractivity contribution in [2.24, 2.45) is 45.4 Å². The maximum absolute atomic E-state index is 13.4. The average Bonchev–Trinajstić information content (AvgIpc) is 3.32. The fraction of sp³-hybridized carbons (Fsp3) is 0.815. The molecular weight excluding hydrogens is 398 g/mol. The Morgan fingerprint density at radius 3 is 2.69 bits per heavy atom. The molecule has 4 aliphatic carbocycles. The van der Waals surface area contributed by atoms with Gasteiger partial charge in [-0.25, -0.2) is 0 Å². The average molecular weight is 440 g/mol. The standard InChI is InChI=1S/C27H41N3O2/c1-25(32)12-13-26(2)18(15-25)5-6-20-21-7-8-23(27(21,3)11-9-22(20)26)24(31)17-30-14-10-19(29-30)16-28-4/h10,14,16,18,20-23,32H,5-9,11-13,15,17H2,1-4H3/t18-,20-,21-,22-,23+,25+,26-,27-/m0/s1. The van der Waals surface area contributed by atoms with Crippen LogP contribution in [-0.2, 0) is 11.3 Å². The van der Waals surface area contributed by atoms with Gasteiger partial charge in [-0.15, -0.1) is 0 Å². The number of rotatable bonds is 4. The predicted molar refractivity (Wildman–Crippen MR) is 127 cm³/mol. The monoisotopic (exact) mass is 439 g/mol. The number of hydrogen-bond donors (Lipinski definition) is 1. The first-order chi connectivity index (χ1) is 15.2. The highest BCUT2D eigenvalue weighted by molar-refractivity contribution is 5.82. The molecule has 4 saturated carbocycles. The summed E-state index contributed by atoms with van der Waals surface area (Å²) >= 11 is 0. The molecule has 0 unspecified atom stereocenters. The van der Waals surface area contributed by atoms with Gasteiger partial charge in [0.05, 0.1) is 12.1 Å². The van der Waals surface area contributed by atoms with Gasteiger partial charge in [-0.2, -0.15) is 5.10 Å². The molecule has 1 heterocycles. The van der Waals surface area contributed by atoms with E-state index in [0.29, 0.717) is 29.6 Å². The molecule has 5 nitrogen and oxygen atoms in total. The maximum Gasteiger partial charge on any atom is 0.157 e. The third-order valence-electron chi connectivity index (χ3n) is 10.6. The van der Waals surface area contributed by atoms with Crippen LogP contribution in [0.4, 0.5) is 0 Å². The van der Waals surface area contributed by atoms with Crippen molar-refractivity contribution in [1.29, 1.82) is 0 Å². The molecule has 0 bridgehead atoms. The van der Waals surface area contributed by atoms with Crippen LogP contribution < -0.4 is 0 Å². The van der Waals surface area contributed by atoms with Crippen LogP contribution in [0.25, 0.3) is 0 Å². The second kappa shape index (κ2) is 7.78. The molecule has 8 atom stereocenters. The Labute approximate surface area is 193 Å². The Balaban J connectivity index is 1.32. The molecule has 0 aromatic carbocycles.